The van der Waals surface area contributed by atoms with Crippen LogP contribution in [0.25, 0.3) is 6.08 Å². The van der Waals surface area contributed by atoms with E-state index in [1.54, 1.807) is 14.2 Å². The van der Waals surface area contributed by atoms with E-state index in [4.69, 9.17) is 9.47 Å². The maximum Gasteiger partial charge on any atom is 0.161 e. The van der Waals surface area contributed by atoms with Crippen LogP contribution in [0, 0.1) is 0 Å². The molecule has 0 spiro atoms. The summed E-state index contributed by atoms with van der Waals surface area (Å²) in [5.41, 5.74) is 1.10. The van der Waals surface area contributed by atoms with Gasteiger partial charge in [0.2, 0.25) is 0 Å². The molecule has 0 saturated heterocycles. The number of benzene rings is 1. The summed E-state index contributed by atoms with van der Waals surface area (Å²) in [6.07, 6.45) is 4.09. The average molecular weight is 258 g/mol. The van der Waals surface area contributed by atoms with Crippen LogP contribution >= 0.6 is 12.4 Å². The van der Waals surface area contributed by atoms with E-state index in [0.29, 0.717) is 0 Å². The van der Waals surface area contributed by atoms with Gasteiger partial charge in [-0.2, -0.15) is 0 Å². The lowest BCUT2D eigenvalue weighted by molar-refractivity contribution is 0.355. The van der Waals surface area contributed by atoms with E-state index in [-0.39, 0.29) is 12.4 Å². The summed E-state index contributed by atoms with van der Waals surface area (Å²) in [5.74, 6) is 1.51. The van der Waals surface area contributed by atoms with Crippen molar-refractivity contribution in [2.75, 3.05) is 27.8 Å². The summed E-state index contributed by atoms with van der Waals surface area (Å²) in [7, 11) is 5.32. The van der Waals surface area contributed by atoms with Crippen molar-refractivity contribution >= 4 is 18.5 Å². The first-order valence-electron chi connectivity index (χ1n) is 5.31. The molecule has 0 bridgehead atoms. The topological polar surface area (TPSA) is 21.7 Å². The normalized spacial score (nSPS) is 9.88. The van der Waals surface area contributed by atoms with Gasteiger partial charge in [-0.15, -0.1) is 12.4 Å². The summed E-state index contributed by atoms with van der Waals surface area (Å²) < 4.78 is 10.4. The molecule has 0 fully saturated rings. The van der Waals surface area contributed by atoms with Crippen molar-refractivity contribution in [2.24, 2.45) is 0 Å². The number of halogens is 1. The van der Waals surface area contributed by atoms with E-state index in [9.17, 15) is 0 Å². The second-order valence-corrected chi connectivity index (χ2v) is 3.50. The highest BCUT2D eigenvalue weighted by Crippen LogP contribution is 2.27. The highest BCUT2D eigenvalue weighted by Gasteiger charge is 2.02. The molecular weight excluding hydrogens is 238 g/mol. The molecule has 4 heteroatoms. The molecule has 0 aliphatic rings. The Hall–Kier alpha value is -1.35. The number of hydrogen-bond donors (Lipinski definition) is 0. The van der Waals surface area contributed by atoms with Gasteiger partial charge in [0.1, 0.15) is 0 Å². The first-order chi connectivity index (χ1) is 7.71. The fourth-order valence-electron chi connectivity index (χ4n) is 1.28. The Labute approximate surface area is 109 Å². The highest BCUT2D eigenvalue weighted by molar-refractivity contribution is 5.85. The minimum Gasteiger partial charge on any atom is -0.493 e. The molecule has 1 rings (SSSR count). The number of nitrogens with zero attached hydrogens (tertiary/aromatic N) is 1. The molecule has 0 atom stereocenters. The van der Waals surface area contributed by atoms with Gasteiger partial charge in [-0.25, -0.2) is 0 Å². The summed E-state index contributed by atoms with van der Waals surface area (Å²) in [6.45, 7) is 3.10. The van der Waals surface area contributed by atoms with Crippen LogP contribution in [0.3, 0.4) is 0 Å². The van der Waals surface area contributed by atoms with Gasteiger partial charge < -0.3 is 14.4 Å². The predicted octanol–water partition coefficient (Wildman–Crippen LogP) is 3.05. The molecule has 0 N–H and O–H groups in total. The van der Waals surface area contributed by atoms with Gasteiger partial charge in [0.25, 0.3) is 0 Å². The third kappa shape index (κ3) is 4.57. The first kappa shape index (κ1) is 15.7. The second kappa shape index (κ2) is 7.85. The maximum absolute atomic E-state index is 5.24. The van der Waals surface area contributed by atoms with E-state index in [2.05, 4.69) is 11.8 Å². The lowest BCUT2D eigenvalue weighted by Gasteiger charge is -2.10. The third-order valence-corrected chi connectivity index (χ3v) is 2.43. The summed E-state index contributed by atoms with van der Waals surface area (Å²) in [5, 5.41) is 0. The third-order valence-electron chi connectivity index (χ3n) is 2.43. The van der Waals surface area contributed by atoms with Crippen molar-refractivity contribution in [1.82, 2.24) is 4.90 Å². The Morgan fingerprint density at radius 2 is 1.82 bits per heavy atom. The SMILES string of the molecule is CCN(C)C=Cc1ccc(OC)c(OC)c1.Cl. The van der Waals surface area contributed by atoms with Crippen LogP contribution in [-0.4, -0.2) is 32.7 Å². The van der Waals surface area contributed by atoms with Crippen LogP contribution in [0.1, 0.15) is 12.5 Å². The number of hydrogen-bond acceptors (Lipinski definition) is 3. The average Bonchev–Trinajstić information content (AvgIpc) is 2.35. The molecule has 1 aromatic rings. The van der Waals surface area contributed by atoms with Gasteiger partial charge >= 0.3 is 0 Å². The van der Waals surface area contributed by atoms with Gasteiger partial charge in [0.15, 0.2) is 11.5 Å². The zero-order valence-electron chi connectivity index (χ0n) is 10.8. The van der Waals surface area contributed by atoms with E-state index >= 15 is 0 Å². The standard InChI is InChI=1S/C13H19NO2.ClH/c1-5-14(2)9-8-11-6-7-12(15-3)13(10-11)16-4;/h6-10H,5H2,1-4H3;1H. The Bertz CT molecular complexity index is 366. The van der Waals surface area contributed by atoms with Crippen molar-refractivity contribution in [3.8, 4) is 11.5 Å². The lowest BCUT2D eigenvalue weighted by atomic mass is 10.2. The molecule has 1 aromatic carbocycles. The molecule has 0 amide bonds. The first-order valence-corrected chi connectivity index (χ1v) is 5.31. The van der Waals surface area contributed by atoms with Crippen molar-refractivity contribution in [3.63, 3.8) is 0 Å². The van der Waals surface area contributed by atoms with Gasteiger partial charge in [-0.05, 0) is 36.9 Å². The Kier molecular flexibility index (Phi) is 7.22. The van der Waals surface area contributed by atoms with E-state index in [0.717, 1.165) is 23.6 Å². The minimum atomic E-state index is 0. The lowest BCUT2D eigenvalue weighted by Crippen LogP contribution is -2.07. The van der Waals surface area contributed by atoms with Gasteiger partial charge in [0.05, 0.1) is 14.2 Å². The van der Waals surface area contributed by atoms with Crippen LogP contribution in [-0.2, 0) is 0 Å². The molecule has 3 nitrogen and oxygen atoms in total. The van der Waals surface area contributed by atoms with E-state index in [1.165, 1.54) is 0 Å². The fraction of sp³-hybridized carbons (Fsp3) is 0.385. The molecule has 0 radical (unpaired) electrons. The van der Waals surface area contributed by atoms with Gasteiger partial charge in [-0.3, -0.25) is 0 Å². The van der Waals surface area contributed by atoms with Crippen LogP contribution in [0.4, 0.5) is 0 Å². The Morgan fingerprint density at radius 3 is 2.35 bits per heavy atom. The summed E-state index contributed by atoms with van der Waals surface area (Å²) in [4.78, 5) is 2.11. The van der Waals surface area contributed by atoms with Crippen LogP contribution < -0.4 is 9.47 Å². The Balaban J connectivity index is 0.00000256. The number of rotatable bonds is 5. The largest absolute Gasteiger partial charge is 0.493 e. The smallest absolute Gasteiger partial charge is 0.161 e. The fourth-order valence-corrected chi connectivity index (χ4v) is 1.28. The zero-order chi connectivity index (χ0) is 12.0. The minimum absolute atomic E-state index is 0. The molecule has 0 aliphatic carbocycles. The summed E-state index contributed by atoms with van der Waals surface area (Å²) >= 11 is 0. The molecule has 0 aliphatic heterocycles. The molecule has 0 saturated carbocycles. The second-order valence-electron chi connectivity index (χ2n) is 3.50. The van der Waals surface area contributed by atoms with E-state index < -0.39 is 0 Å². The van der Waals surface area contributed by atoms with Crippen LogP contribution in [0.2, 0.25) is 0 Å². The van der Waals surface area contributed by atoms with Crippen molar-refractivity contribution in [2.45, 2.75) is 6.92 Å². The maximum atomic E-state index is 5.24. The van der Waals surface area contributed by atoms with Crippen LogP contribution in [0.5, 0.6) is 11.5 Å². The van der Waals surface area contributed by atoms with Crippen molar-refractivity contribution in [3.05, 3.63) is 30.0 Å². The molecule has 0 heterocycles. The number of ether oxygens (including phenoxy) is 2. The molecular formula is C13H20ClNO2. The number of methoxy groups -OCH3 is 2. The van der Waals surface area contributed by atoms with E-state index in [1.807, 2.05) is 37.5 Å². The Morgan fingerprint density at radius 1 is 1.18 bits per heavy atom. The predicted molar refractivity (Wildman–Crippen MR) is 74.1 cm³/mol. The quantitative estimate of drug-likeness (QED) is 0.809. The van der Waals surface area contributed by atoms with Gasteiger partial charge in [0, 0.05) is 13.6 Å². The highest BCUT2D eigenvalue weighted by atomic mass is 35.5. The van der Waals surface area contributed by atoms with Crippen molar-refractivity contribution in [1.29, 1.82) is 0 Å². The molecule has 17 heavy (non-hydrogen) atoms. The molecule has 96 valence electrons. The molecule has 0 aromatic heterocycles. The van der Waals surface area contributed by atoms with Crippen LogP contribution in [0.15, 0.2) is 24.4 Å². The van der Waals surface area contributed by atoms with Crippen molar-refractivity contribution < 1.29 is 9.47 Å². The van der Waals surface area contributed by atoms with Gasteiger partial charge in [-0.1, -0.05) is 6.07 Å². The monoisotopic (exact) mass is 257 g/mol. The zero-order valence-corrected chi connectivity index (χ0v) is 11.6. The molecule has 0 unspecified atom stereocenters. The summed E-state index contributed by atoms with van der Waals surface area (Å²) in [6, 6.07) is 5.87.